The highest BCUT2D eigenvalue weighted by Crippen LogP contribution is 2.36. The minimum Gasteiger partial charge on any atom is -0.464 e. The molecule has 0 spiro atoms. The van der Waals surface area contributed by atoms with E-state index in [0.29, 0.717) is 34.7 Å². The molecular formula is C24H24N4O3S. The van der Waals surface area contributed by atoms with E-state index in [4.69, 9.17) is 9.15 Å². The third-order valence-corrected chi connectivity index (χ3v) is 7.54. The van der Waals surface area contributed by atoms with Crippen molar-refractivity contribution in [2.24, 2.45) is 0 Å². The van der Waals surface area contributed by atoms with Crippen molar-refractivity contribution in [3.05, 3.63) is 48.4 Å². The Bertz CT molecular complexity index is 1250. The van der Waals surface area contributed by atoms with Crippen molar-refractivity contribution in [3.8, 4) is 10.9 Å². The largest absolute Gasteiger partial charge is 0.464 e. The molecule has 5 heterocycles. The van der Waals surface area contributed by atoms with Crippen molar-refractivity contribution in [2.45, 2.75) is 57.3 Å². The van der Waals surface area contributed by atoms with Crippen LogP contribution in [0.2, 0.25) is 0 Å². The fraction of sp³-hybridized carbons (Fsp3) is 0.375. The van der Waals surface area contributed by atoms with E-state index in [2.05, 4.69) is 20.2 Å². The molecule has 2 bridgehead atoms. The summed E-state index contributed by atoms with van der Waals surface area (Å²) < 4.78 is 12.8. The number of carbonyl (C=O) groups is 1. The first kappa shape index (κ1) is 19.7. The number of amides is 1. The molecule has 0 unspecified atom stereocenters. The predicted molar refractivity (Wildman–Crippen MR) is 123 cm³/mol. The number of rotatable bonds is 5. The summed E-state index contributed by atoms with van der Waals surface area (Å²) in [5.74, 6) is 0.913. The van der Waals surface area contributed by atoms with E-state index >= 15 is 0 Å². The van der Waals surface area contributed by atoms with E-state index in [-0.39, 0.29) is 5.91 Å². The van der Waals surface area contributed by atoms with Gasteiger partial charge in [-0.05, 0) is 49.9 Å². The quantitative estimate of drug-likeness (QED) is 0.470. The number of nitrogens with zero attached hydrogens (tertiary/aromatic N) is 3. The van der Waals surface area contributed by atoms with Crippen LogP contribution in [0.15, 0.2) is 47.2 Å². The average molecular weight is 449 g/mol. The molecular weight excluding hydrogens is 424 g/mol. The number of carbonyl (C=O) groups excluding carboxylic acids is 1. The summed E-state index contributed by atoms with van der Waals surface area (Å²) in [4.78, 5) is 22.7. The maximum Gasteiger partial charge on any atom is 0.281 e. The molecule has 1 amide bonds. The third kappa shape index (κ3) is 3.53. The van der Waals surface area contributed by atoms with Crippen LogP contribution in [0.4, 0.5) is 0 Å². The molecule has 3 atom stereocenters. The molecule has 0 saturated carbocycles. The highest BCUT2D eigenvalue weighted by Gasteiger charge is 2.41. The molecule has 164 valence electrons. The van der Waals surface area contributed by atoms with E-state index in [9.17, 15) is 4.79 Å². The Morgan fingerprint density at radius 3 is 2.91 bits per heavy atom. The number of thiazole rings is 1. The van der Waals surface area contributed by atoms with Crippen molar-refractivity contribution in [2.75, 3.05) is 0 Å². The van der Waals surface area contributed by atoms with Gasteiger partial charge in [0.15, 0.2) is 5.65 Å². The molecule has 32 heavy (non-hydrogen) atoms. The molecule has 2 fully saturated rings. The molecule has 6 rings (SSSR count). The van der Waals surface area contributed by atoms with Crippen molar-refractivity contribution in [1.82, 2.24) is 20.2 Å². The lowest BCUT2D eigenvalue weighted by atomic mass is 9.97. The van der Waals surface area contributed by atoms with Gasteiger partial charge in [0, 0.05) is 54.8 Å². The number of fused-ring (bicyclic) bond motifs is 4. The van der Waals surface area contributed by atoms with Gasteiger partial charge in [0.2, 0.25) is 5.91 Å². The topological polar surface area (TPSA) is 80.5 Å². The summed E-state index contributed by atoms with van der Waals surface area (Å²) in [7, 11) is 0. The molecule has 2 aliphatic rings. The number of pyridine rings is 1. The van der Waals surface area contributed by atoms with Gasteiger partial charge in [0.05, 0.1) is 11.0 Å². The second kappa shape index (κ2) is 7.86. The van der Waals surface area contributed by atoms with E-state index in [0.717, 1.165) is 53.5 Å². The second-order valence-corrected chi connectivity index (χ2v) is 9.68. The smallest absolute Gasteiger partial charge is 0.281 e. The zero-order chi connectivity index (χ0) is 21.7. The zero-order valence-electron chi connectivity index (χ0n) is 17.8. The first-order chi connectivity index (χ1) is 15.6. The maximum atomic E-state index is 11.9. The summed E-state index contributed by atoms with van der Waals surface area (Å²) in [5, 5.41) is 5.35. The Labute approximate surface area is 189 Å². The predicted octanol–water partition coefficient (Wildman–Crippen LogP) is 4.86. The third-order valence-electron chi connectivity index (χ3n) is 6.66. The van der Waals surface area contributed by atoms with Gasteiger partial charge in [-0.25, -0.2) is 4.98 Å². The minimum absolute atomic E-state index is 0.219. The minimum atomic E-state index is 0.219. The Balaban J connectivity index is 1.13. The van der Waals surface area contributed by atoms with E-state index in [1.54, 1.807) is 13.1 Å². The van der Waals surface area contributed by atoms with Gasteiger partial charge in [0.25, 0.3) is 5.19 Å². The highest BCUT2D eigenvalue weighted by molar-refractivity contribution is 7.20. The van der Waals surface area contributed by atoms with Gasteiger partial charge in [0.1, 0.15) is 11.3 Å². The van der Waals surface area contributed by atoms with Crippen molar-refractivity contribution in [1.29, 1.82) is 0 Å². The molecule has 2 saturated heterocycles. The number of hydrogen-bond donors (Lipinski definition) is 1. The van der Waals surface area contributed by atoms with Gasteiger partial charge in [-0.15, -0.1) is 0 Å². The van der Waals surface area contributed by atoms with Crippen LogP contribution in [-0.2, 0) is 11.3 Å². The standard InChI is InChI=1S/C24H24N4O3S/c1-14(29)28-17-4-5-18(28)10-16(9-17)26-12-15-13-30-21-11-19(6-7-20(15)21)31-24-27-23-22(32-24)3-2-8-25-23/h2-3,6-8,11,13,16-18,26H,4-5,9-10,12H2,1H3/t16-,17-,18+. The fourth-order valence-corrected chi connectivity index (χ4v) is 6.06. The summed E-state index contributed by atoms with van der Waals surface area (Å²) in [6.45, 7) is 2.45. The summed E-state index contributed by atoms with van der Waals surface area (Å²) in [6, 6.07) is 11.0. The van der Waals surface area contributed by atoms with Crippen molar-refractivity contribution < 1.29 is 13.9 Å². The number of piperidine rings is 1. The molecule has 8 heteroatoms. The molecule has 0 aliphatic carbocycles. The SMILES string of the molecule is CC(=O)N1[C@@H]2CC[C@H]1C[C@H](NCc1coc3cc(Oc4nc5ncccc5s4)ccc13)C2. The van der Waals surface area contributed by atoms with E-state index < -0.39 is 0 Å². The molecule has 4 aromatic rings. The van der Waals surface area contributed by atoms with Crippen LogP contribution < -0.4 is 10.1 Å². The first-order valence-corrected chi connectivity index (χ1v) is 11.9. The number of ether oxygens (including phenoxy) is 1. The van der Waals surface area contributed by atoms with Crippen LogP contribution in [0, 0.1) is 0 Å². The van der Waals surface area contributed by atoms with Crippen LogP contribution in [0.25, 0.3) is 21.3 Å². The molecule has 2 aliphatic heterocycles. The second-order valence-electron chi connectivity index (χ2n) is 8.69. The lowest BCUT2D eigenvalue weighted by molar-refractivity contribution is -0.133. The number of furan rings is 1. The van der Waals surface area contributed by atoms with Crippen molar-refractivity contribution in [3.63, 3.8) is 0 Å². The molecule has 0 radical (unpaired) electrons. The molecule has 3 aromatic heterocycles. The maximum absolute atomic E-state index is 11.9. The summed E-state index contributed by atoms with van der Waals surface area (Å²) >= 11 is 1.47. The van der Waals surface area contributed by atoms with Crippen molar-refractivity contribution >= 4 is 38.6 Å². The van der Waals surface area contributed by atoms with Crippen LogP contribution >= 0.6 is 11.3 Å². The van der Waals surface area contributed by atoms with E-state index in [1.165, 1.54) is 11.3 Å². The van der Waals surface area contributed by atoms with Crippen LogP contribution in [-0.4, -0.2) is 38.9 Å². The number of aromatic nitrogens is 2. The van der Waals surface area contributed by atoms with Gasteiger partial charge in [-0.2, -0.15) is 4.98 Å². The lowest BCUT2D eigenvalue weighted by Crippen LogP contribution is -2.50. The van der Waals surface area contributed by atoms with Crippen LogP contribution in [0.3, 0.4) is 0 Å². The molecule has 1 N–H and O–H groups in total. The Morgan fingerprint density at radius 1 is 1.28 bits per heavy atom. The van der Waals surface area contributed by atoms with E-state index in [1.807, 2.05) is 36.6 Å². The van der Waals surface area contributed by atoms with Crippen LogP contribution in [0.1, 0.15) is 38.2 Å². The molecule has 7 nitrogen and oxygen atoms in total. The Morgan fingerprint density at radius 2 is 2.12 bits per heavy atom. The van der Waals surface area contributed by atoms with Crippen LogP contribution in [0.5, 0.6) is 10.9 Å². The average Bonchev–Trinajstić information content (AvgIpc) is 3.45. The lowest BCUT2D eigenvalue weighted by Gasteiger charge is -2.38. The number of hydrogen-bond acceptors (Lipinski definition) is 7. The Hall–Kier alpha value is -2.97. The first-order valence-electron chi connectivity index (χ1n) is 11.1. The Kier molecular flexibility index (Phi) is 4.84. The highest BCUT2D eigenvalue weighted by atomic mass is 32.1. The summed E-state index contributed by atoms with van der Waals surface area (Å²) in [6.07, 6.45) is 7.87. The number of benzene rings is 1. The van der Waals surface area contributed by atoms with Gasteiger partial charge < -0.3 is 19.4 Å². The van der Waals surface area contributed by atoms with Gasteiger partial charge in [-0.1, -0.05) is 11.3 Å². The monoisotopic (exact) mass is 448 g/mol. The molecule has 1 aromatic carbocycles. The van der Waals surface area contributed by atoms with Gasteiger partial charge in [-0.3, -0.25) is 4.79 Å². The van der Waals surface area contributed by atoms with Gasteiger partial charge >= 0.3 is 0 Å². The number of nitrogens with one attached hydrogen (secondary N) is 1. The summed E-state index contributed by atoms with van der Waals surface area (Å²) in [5.41, 5.74) is 2.63. The zero-order valence-corrected chi connectivity index (χ0v) is 18.6. The normalized spacial score (nSPS) is 22.7. The fourth-order valence-electron chi connectivity index (χ4n) is 5.27.